The number of hydrogen-bond donors (Lipinski definition) is 0. The molecule has 1 aliphatic carbocycles. The van der Waals surface area contributed by atoms with Crippen molar-refractivity contribution in [3.8, 4) is 5.75 Å². The van der Waals surface area contributed by atoms with Crippen LogP contribution in [0.25, 0.3) is 0 Å². The number of hydrogen-bond acceptors (Lipinski definition) is 1. The Kier molecular flexibility index (Phi) is 3.20. The molecule has 0 amide bonds. The van der Waals surface area contributed by atoms with Crippen molar-refractivity contribution >= 4 is 11.6 Å². The maximum absolute atomic E-state index is 5.89. The molecule has 0 aromatic heterocycles. The van der Waals surface area contributed by atoms with E-state index in [4.69, 9.17) is 16.3 Å². The highest BCUT2D eigenvalue weighted by Gasteiger charge is 2.32. The molecule has 0 radical (unpaired) electrons. The third kappa shape index (κ3) is 2.66. The highest BCUT2D eigenvalue weighted by Crippen LogP contribution is 2.36. The van der Waals surface area contributed by atoms with E-state index in [1.807, 2.05) is 24.3 Å². The summed E-state index contributed by atoms with van der Waals surface area (Å²) in [4.78, 5) is 0. The zero-order valence-electron chi connectivity index (χ0n) is 9.24. The van der Waals surface area contributed by atoms with Gasteiger partial charge in [-0.15, -0.1) is 0 Å². The van der Waals surface area contributed by atoms with Crippen LogP contribution in [0, 0.1) is 11.8 Å². The third-order valence-corrected chi connectivity index (χ3v) is 3.41. The molecule has 0 heterocycles. The number of halogens is 1. The Labute approximate surface area is 96.4 Å². The molecule has 0 spiro atoms. The Balaban J connectivity index is 1.85. The summed E-state index contributed by atoms with van der Waals surface area (Å²) in [5.74, 6) is 2.52. The standard InChI is InChI=1S/C13H17ClO/c1-9(2)10-6-13(7-10)15-12-5-3-4-11(14)8-12/h3-5,8-10,13H,6-7H2,1-2H3. The first kappa shape index (κ1) is 10.8. The minimum absolute atomic E-state index is 0.399. The molecule has 2 heteroatoms. The van der Waals surface area contributed by atoms with Crippen molar-refractivity contribution in [2.45, 2.75) is 32.8 Å². The van der Waals surface area contributed by atoms with Gasteiger partial charge >= 0.3 is 0 Å². The van der Waals surface area contributed by atoms with Crippen LogP contribution in [0.5, 0.6) is 5.75 Å². The van der Waals surface area contributed by atoms with Crippen molar-refractivity contribution < 1.29 is 4.74 Å². The highest BCUT2D eigenvalue weighted by atomic mass is 35.5. The summed E-state index contributed by atoms with van der Waals surface area (Å²) < 4.78 is 5.83. The van der Waals surface area contributed by atoms with Gasteiger partial charge in [-0.2, -0.15) is 0 Å². The van der Waals surface area contributed by atoms with E-state index < -0.39 is 0 Å². The average molecular weight is 225 g/mol. The van der Waals surface area contributed by atoms with Gasteiger partial charge in [-0.25, -0.2) is 0 Å². The van der Waals surface area contributed by atoms with Gasteiger partial charge in [-0.1, -0.05) is 31.5 Å². The van der Waals surface area contributed by atoms with Crippen molar-refractivity contribution in [2.24, 2.45) is 11.8 Å². The molecule has 1 aromatic carbocycles. The third-order valence-electron chi connectivity index (χ3n) is 3.17. The first-order valence-corrected chi connectivity index (χ1v) is 5.95. The van der Waals surface area contributed by atoms with Crippen molar-refractivity contribution in [1.29, 1.82) is 0 Å². The number of rotatable bonds is 3. The van der Waals surface area contributed by atoms with Crippen LogP contribution in [0.15, 0.2) is 24.3 Å². The summed E-state index contributed by atoms with van der Waals surface area (Å²) >= 11 is 5.89. The molecule has 15 heavy (non-hydrogen) atoms. The Morgan fingerprint density at radius 1 is 1.33 bits per heavy atom. The van der Waals surface area contributed by atoms with E-state index >= 15 is 0 Å². The van der Waals surface area contributed by atoms with Crippen LogP contribution in [-0.2, 0) is 0 Å². The van der Waals surface area contributed by atoms with Gasteiger partial charge in [0, 0.05) is 5.02 Å². The van der Waals surface area contributed by atoms with E-state index in [9.17, 15) is 0 Å². The second kappa shape index (κ2) is 4.44. The second-order valence-electron chi connectivity index (χ2n) is 4.67. The lowest BCUT2D eigenvalue weighted by Crippen LogP contribution is -2.36. The van der Waals surface area contributed by atoms with Gasteiger partial charge in [0.25, 0.3) is 0 Å². The smallest absolute Gasteiger partial charge is 0.121 e. The van der Waals surface area contributed by atoms with Crippen molar-refractivity contribution in [2.75, 3.05) is 0 Å². The lowest BCUT2D eigenvalue weighted by molar-refractivity contribution is 0.0417. The summed E-state index contributed by atoms with van der Waals surface area (Å²) in [7, 11) is 0. The minimum atomic E-state index is 0.399. The summed E-state index contributed by atoms with van der Waals surface area (Å²) in [6, 6.07) is 7.64. The van der Waals surface area contributed by atoms with Crippen molar-refractivity contribution in [1.82, 2.24) is 0 Å². The minimum Gasteiger partial charge on any atom is -0.490 e. The molecule has 1 saturated carbocycles. The summed E-state index contributed by atoms with van der Waals surface area (Å²) in [5, 5.41) is 0.743. The molecule has 0 saturated heterocycles. The molecule has 1 aliphatic rings. The number of benzene rings is 1. The zero-order chi connectivity index (χ0) is 10.8. The molecule has 0 unspecified atom stereocenters. The lowest BCUT2D eigenvalue weighted by Gasteiger charge is -2.37. The zero-order valence-corrected chi connectivity index (χ0v) is 10.00. The molecule has 0 bridgehead atoms. The maximum atomic E-state index is 5.89. The van der Waals surface area contributed by atoms with Crippen LogP contribution in [0.3, 0.4) is 0 Å². The maximum Gasteiger partial charge on any atom is 0.121 e. The largest absolute Gasteiger partial charge is 0.490 e. The molecule has 1 nitrogen and oxygen atoms in total. The Bertz CT molecular complexity index is 329. The van der Waals surface area contributed by atoms with Gasteiger partial charge in [0.15, 0.2) is 0 Å². The molecule has 0 atom stereocenters. The van der Waals surface area contributed by atoms with Gasteiger partial charge in [0.2, 0.25) is 0 Å². The molecule has 82 valence electrons. The topological polar surface area (TPSA) is 9.23 Å². The monoisotopic (exact) mass is 224 g/mol. The molecular formula is C13H17ClO. The van der Waals surface area contributed by atoms with E-state index in [1.165, 1.54) is 12.8 Å². The average Bonchev–Trinajstić information content (AvgIpc) is 2.10. The van der Waals surface area contributed by atoms with Gasteiger partial charge in [0.1, 0.15) is 5.75 Å². The Morgan fingerprint density at radius 2 is 2.07 bits per heavy atom. The Morgan fingerprint density at radius 3 is 2.67 bits per heavy atom. The van der Waals surface area contributed by atoms with Gasteiger partial charge in [-0.3, -0.25) is 0 Å². The van der Waals surface area contributed by atoms with E-state index in [-0.39, 0.29) is 0 Å². The number of ether oxygens (including phenoxy) is 1. The fourth-order valence-corrected chi connectivity index (χ4v) is 2.16. The second-order valence-corrected chi connectivity index (χ2v) is 5.11. The summed E-state index contributed by atoms with van der Waals surface area (Å²) in [6.45, 7) is 4.56. The SMILES string of the molecule is CC(C)C1CC(Oc2cccc(Cl)c2)C1. The predicted octanol–water partition coefficient (Wildman–Crippen LogP) is 4.15. The van der Waals surface area contributed by atoms with Crippen LogP contribution >= 0.6 is 11.6 Å². The molecular weight excluding hydrogens is 208 g/mol. The normalized spacial score (nSPS) is 25.1. The first-order chi connectivity index (χ1) is 7.15. The van der Waals surface area contributed by atoms with E-state index in [0.717, 1.165) is 22.6 Å². The van der Waals surface area contributed by atoms with Crippen molar-refractivity contribution in [3.05, 3.63) is 29.3 Å². The van der Waals surface area contributed by atoms with Gasteiger partial charge < -0.3 is 4.74 Å². The van der Waals surface area contributed by atoms with Crippen molar-refractivity contribution in [3.63, 3.8) is 0 Å². The molecule has 2 rings (SSSR count). The Hall–Kier alpha value is -0.690. The summed E-state index contributed by atoms with van der Waals surface area (Å²) in [6.07, 6.45) is 2.77. The van der Waals surface area contributed by atoms with Gasteiger partial charge in [0.05, 0.1) is 6.10 Å². The fraction of sp³-hybridized carbons (Fsp3) is 0.538. The molecule has 0 N–H and O–H groups in total. The van der Waals surface area contributed by atoms with E-state index in [2.05, 4.69) is 13.8 Å². The fourth-order valence-electron chi connectivity index (χ4n) is 1.98. The summed E-state index contributed by atoms with van der Waals surface area (Å²) in [5.41, 5.74) is 0. The van der Waals surface area contributed by atoms with Crippen LogP contribution in [0.2, 0.25) is 5.02 Å². The van der Waals surface area contributed by atoms with Crippen LogP contribution < -0.4 is 4.74 Å². The highest BCUT2D eigenvalue weighted by molar-refractivity contribution is 6.30. The quantitative estimate of drug-likeness (QED) is 0.750. The molecule has 1 fully saturated rings. The first-order valence-electron chi connectivity index (χ1n) is 5.57. The lowest BCUT2D eigenvalue weighted by atomic mass is 9.75. The van der Waals surface area contributed by atoms with Crippen LogP contribution in [-0.4, -0.2) is 6.10 Å². The molecule has 0 aliphatic heterocycles. The molecule has 1 aromatic rings. The van der Waals surface area contributed by atoms with E-state index in [1.54, 1.807) is 0 Å². The van der Waals surface area contributed by atoms with Gasteiger partial charge in [-0.05, 0) is 42.9 Å². The predicted molar refractivity (Wildman–Crippen MR) is 63.4 cm³/mol. The van der Waals surface area contributed by atoms with Crippen LogP contribution in [0.1, 0.15) is 26.7 Å². The van der Waals surface area contributed by atoms with Crippen LogP contribution in [0.4, 0.5) is 0 Å². The van der Waals surface area contributed by atoms with E-state index in [0.29, 0.717) is 6.10 Å².